The normalized spacial score (nSPS) is 9.94. The standard InChI is InChI=1S/C12H15NO4/c1-2-7-13(8-11(15)16)12(17)9-3-5-10(14)6-4-9/h3-6,14H,2,7-8H2,1H3,(H,15,16). The lowest BCUT2D eigenvalue weighted by Gasteiger charge is -2.19. The van der Waals surface area contributed by atoms with Crippen LogP contribution in [0.2, 0.25) is 0 Å². The molecule has 92 valence electrons. The number of benzene rings is 1. The van der Waals surface area contributed by atoms with Crippen LogP contribution in [0, 0.1) is 0 Å². The molecular weight excluding hydrogens is 222 g/mol. The number of amides is 1. The first-order chi connectivity index (χ1) is 8.04. The van der Waals surface area contributed by atoms with Crippen LogP contribution in [0.1, 0.15) is 23.7 Å². The van der Waals surface area contributed by atoms with Crippen molar-refractivity contribution >= 4 is 11.9 Å². The molecule has 1 amide bonds. The van der Waals surface area contributed by atoms with E-state index in [0.29, 0.717) is 18.5 Å². The van der Waals surface area contributed by atoms with Crippen LogP contribution in [0.4, 0.5) is 0 Å². The number of carboxylic acids is 1. The van der Waals surface area contributed by atoms with E-state index in [9.17, 15) is 9.59 Å². The Morgan fingerprint density at radius 1 is 1.24 bits per heavy atom. The number of hydrogen-bond donors (Lipinski definition) is 2. The molecule has 0 spiro atoms. The highest BCUT2D eigenvalue weighted by Gasteiger charge is 2.17. The molecule has 1 rings (SSSR count). The molecule has 0 saturated carbocycles. The Bertz CT molecular complexity index is 399. The van der Waals surface area contributed by atoms with Gasteiger partial charge in [-0.2, -0.15) is 0 Å². The van der Waals surface area contributed by atoms with Crippen molar-refractivity contribution in [3.63, 3.8) is 0 Å². The summed E-state index contributed by atoms with van der Waals surface area (Å²) >= 11 is 0. The molecule has 17 heavy (non-hydrogen) atoms. The lowest BCUT2D eigenvalue weighted by molar-refractivity contribution is -0.137. The van der Waals surface area contributed by atoms with Crippen molar-refractivity contribution in [2.75, 3.05) is 13.1 Å². The predicted molar refractivity (Wildman–Crippen MR) is 61.9 cm³/mol. The predicted octanol–water partition coefficient (Wildman–Crippen LogP) is 1.33. The second-order valence-electron chi connectivity index (χ2n) is 3.67. The number of aromatic hydroxyl groups is 1. The molecule has 0 heterocycles. The number of nitrogens with zero attached hydrogens (tertiary/aromatic N) is 1. The number of hydrogen-bond acceptors (Lipinski definition) is 3. The number of carbonyl (C=O) groups is 2. The fourth-order valence-electron chi connectivity index (χ4n) is 1.47. The first kappa shape index (κ1) is 13.0. The highest BCUT2D eigenvalue weighted by atomic mass is 16.4. The van der Waals surface area contributed by atoms with Gasteiger partial charge in [-0.05, 0) is 30.7 Å². The van der Waals surface area contributed by atoms with Gasteiger partial charge in [0.25, 0.3) is 5.91 Å². The minimum atomic E-state index is -1.04. The number of phenolic OH excluding ortho intramolecular Hbond substituents is 1. The Kier molecular flexibility index (Phi) is 4.51. The molecule has 0 saturated heterocycles. The van der Waals surface area contributed by atoms with Gasteiger partial charge < -0.3 is 15.1 Å². The maximum absolute atomic E-state index is 12.0. The average molecular weight is 237 g/mol. The third-order valence-corrected chi connectivity index (χ3v) is 2.22. The number of rotatable bonds is 5. The van der Waals surface area contributed by atoms with Gasteiger partial charge in [-0.3, -0.25) is 9.59 Å². The monoisotopic (exact) mass is 237 g/mol. The summed E-state index contributed by atoms with van der Waals surface area (Å²) in [5.41, 5.74) is 0.373. The highest BCUT2D eigenvalue weighted by Crippen LogP contribution is 2.12. The van der Waals surface area contributed by atoms with Gasteiger partial charge in [-0.1, -0.05) is 6.92 Å². The molecule has 0 atom stereocenters. The Morgan fingerprint density at radius 3 is 2.29 bits per heavy atom. The molecular formula is C12H15NO4. The molecule has 0 fully saturated rings. The minimum Gasteiger partial charge on any atom is -0.508 e. The molecule has 1 aromatic rings. The van der Waals surface area contributed by atoms with E-state index in [0.717, 1.165) is 0 Å². The van der Waals surface area contributed by atoms with Crippen molar-refractivity contribution in [2.24, 2.45) is 0 Å². The van der Waals surface area contributed by atoms with Crippen molar-refractivity contribution < 1.29 is 19.8 Å². The van der Waals surface area contributed by atoms with Crippen LogP contribution >= 0.6 is 0 Å². The number of aliphatic carboxylic acids is 1. The summed E-state index contributed by atoms with van der Waals surface area (Å²) in [6.07, 6.45) is 0.692. The first-order valence-electron chi connectivity index (χ1n) is 5.34. The summed E-state index contributed by atoms with van der Waals surface area (Å²) in [5, 5.41) is 17.8. The van der Waals surface area contributed by atoms with E-state index in [1.165, 1.54) is 29.2 Å². The van der Waals surface area contributed by atoms with Gasteiger partial charge >= 0.3 is 5.97 Å². The third kappa shape index (κ3) is 3.79. The SMILES string of the molecule is CCCN(CC(=O)O)C(=O)c1ccc(O)cc1. The zero-order valence-electron chi connectivity index (χ0n) is 9.59. The Morgan fingerprint density at radius 2 is 1.82 bits per heavy atom. The molecule has 0 unspecified atom stereocenters. The van der Waals surface area contributed by atoms with E-state index in [-0.39, 0.29) is 18.2 Å². The van der Waals surface area contributed by atoms with Crippen LogP contribution in [-0.4, -0.2) is 40.1 Å². The lowest BCUT2D eigenvalue weighted by atomic mass is 10.2. The molecule has 5 nitrogen and oxygen atoms in total. The van der Waals surface area contributed by atoms with Gasteiger partial charge in [-0.15, -0.1) is 0 Å². The topological polar surface area (TPSA) is 77.8 Å². The van der Waals surface area contributed by atoms with Gasteiger partial charge in [0.1, 0.15) is 12.3 Å². The summed E-state index contributed by atoms with van der Waals surface area (Å²) in [6.45, 7) is 1.96. The van der Waals surface area contributed by atoms with Gasteiger partial charge in [0, 0.05) is 12.1 Å². The summed E-state index contributed by atoms with van der Waals surface area (Å²) in [5.74, 6) is -1.30. The maximum Gasteiger partial charge on any atom is 0.323 e. The van der Waals surface area contributed by atoms with Crippen LogP contribution in [-0.2, 0) is 4.79 Å². The molecule has 0 aliphatic heterocycles. The van der Waals surface area contributed by atoms with Gasteiger partial charge in [-0.25, -0.2) is 0 Å². The fourth-order valence-corrected chi connectivity index (χ4v) is 1.47. The quantitative estimate of drug-likeness (QED) is 0.809. The highest BCUT2D eigenvalue weighted by molar-refractivity contribution is 5.95. The van der Waals surface area contributed by atoms with Crippen LogP contribution in [0.5, 0.6) is 5.75 Å². The molecule has 0 radical (unpaired) electrons. The van der Waals surface area contributed by atoms with Crippen LogP contribution in [0.25, 0.3) is 0 Å². The molecule has 1 aromatic carbocycles. The Labute approximate surface area is 99.3 Å². The van der Waals surface area contributed by atoms with Gasteiger partial charge in [0.15, 0.2) is 0 Å². The number of phenols is 1. The third-order valence-electron chi connectivity index (χ3n) is 2.22. The van der Waals surface area contributed by atoms with Crippen LogP contribution < -0.4 is 0 Å². The minimum absolute atomic E-state index is 0.0711. The van der Waals surface area contributed by atoms with E-state index >= 15 is 0 Å². The van der Waals surface area contributed by atoms with E-state index in [1.54, 1.807) is 0 Å². The van der Waals surface area contributed by atoms with Crippen LogP contribution in [0.15, 0.2) is 24.3 Å². The Hall–Kier alpha value is -2.04. The molecule has 5 heteroatoms. The second-order valence-corrected chi connectivity index (χ2v) is 3.67. The van der Waals surface area contributed by atoms with Crippen molar-refractivity contribution in [1.82, 2.24) is 4.90 Å². The molecule has 2 N–H and O–H groups in total. The van der Waals surface area contributed by atoms with E-state index in [1.807, 2.05) is 6.92 Å². The molecule has 0 bridgehead atoms. The maximum atomic E-state index is 12.0. The van der Waals surface area contributed by atoms with Gasteiger partial charge in [0.05, 0.1) is 0 Å². The summed E-state index contributed by atoms with van der Waals surface area (Å²) in [7, 11) is 0. The average Bonchev–Trinajstić information content (AvgIpc) is 2.28. The number of carboxylic acid groups (broad SMARTS) is 1. The lowest BCUT2D eigenvalue weighted by Crippen LogP contribution is -2.36. The zero-order chi connectivity index (χ0) is 12.8. The van der Waals surface area contributed by atoms with Crippen molar-refractivity contribution in [3.05, 3.63) is 29.8 Å². The smallest absolute Gasteiger partial charge is 0.323 e. The van der Waals surface area contributed by atoms with E-state index in [2.05, 4.69) is 0 Å². The summed E-state index contributed by atoms with van der Waals surface area (Å²) in [4.78, 5) is 23.9. The van der Waals surface area contributed by atoms with Gasteiger partial charge in [0.2, 0.25) is 0 Å². The van der Waals surface area contributed by atoms with Crippen LogP contribution in [0.3, 0.4) is 0 Å². The first-order valence-corrected chi connectivity index (χ1v) is 5.34. The summed E-state index contributed by atoms with van der Waals surface area (Å²) < 4.78 is 0. The zero-order valence-corrected chi connectivity index (χ0v) is 9.59. The van der Waals surface area contributed by atoms with E-state index in [4.69, 9.17) is 10.2 Å². The molecule has 0 aromatic heterocycles. The molecule has 0 aliphatic carbocycles. The summed E-state index contributed by atoms with van der Waals surface area (Å²) in [6, 6.07) is 5.75. The van der Waals surface area contributed by atoms with Crippen molar-refractivity contribution in [1.29, 1.82) is 0 Å². The fraction of sp³-hybridized carbons (Fsp3) is 0.333. The number of carbonyl (C=O) groups excluding carboxylic acids is 1. The van der Waals surface area contributed by atoms with Crippen molar-refractivity contribution in [3.8, 4) is 5.75 Å². The Balaban J connectivity index is 2.83. The van der Waals surface area contributed by atoms with Crippen molar-refractivity contribution in [2.45, 2.75) is 13.3 Å². The molecule has 0 aliphatic rings. The van der Waals surface area contributed by atoms with E-state index < -0.39 is 5.97 Å². The largest absolute Gasteiger partial charge is 0.508 e. The second kappa shape index (κ2) is 5.89.